The summed E-state index contributed by atoms with van der Waals surface area (Å²) < 4.78 is 29.4. The van der Waals surface area contributed by atoms with Gasteiger partial charge in [0.25, 0.3) is 0 Å². The molecule has 1 aliphatic heterocycles. The Labute approximate surface area is 191 Å². The highest BCUT2D eigenvalue weighted by Gasteiger charge is 2.46. The Kier molecular flexibility index (Phi) is 8.99. The van der Waals surface area contributed by atoms with E-state index < -0.39 is 40.4 Å². The van der Waals surface area contributed by atoms with Gasteiger partial charge in [0.1, 0.15) is 13.4 Å². The Morgan fingerprint density at radius 1 is 1.22 bits per heavy atom. The molecular weight excluding hydrogens is 430 g/mol. The molecule has 1 heterocycles. The van der Waals surface area contributed by atoms with Gasteiger partial charge in [0.15, 0.2) is 0 Å². The van der Waals surface area contributed by atoms with Crippen molar-refractivity contribution < 1.29 is 28.3 Å². The molecule has 172 valence electrons. The average molecular weight is 460 g/mol. The third-order valence-electron chi connectivity index (χ3n) is 5.38. The van der Waals surface area contributed by atoms with Gasteiger partial charge in [0.2, 0.25) is 0 Å². The molecule has 1 amide bonds. The van der Waals surface area contributed by atoms with E-state index in [2.05, 4.69) is 6.58 Å². The second-order valence-corrected chi connectivity index (χ2v) is 9.04. The number of hydrogen-bond acceptors (Lipinski definition) is 6. The van der Waals surface area contributed by atoms with Crippen LogP contribution in [0.5, 0.6) is 0 Å². The van der Waals surface area contributed by atoms with Gasteiger partial charge in [0.05, 0.1) is 34.3 Å². The summed E-state index contributed by atoms with van der Waals surface area (Å²) in [5.41, 5.74) is 0.860. The van der Waals surface area contributed by atoms with Gasteiger partial charge < -0.3 is 19.3 Å². The number of carbonyl (C=O) groups excluding carboxylic acids is 1. The highest BCUT2D eigenvalue weighted by Crippen LogP contribution is 2.29. The molecule has 2 aromatic carbocycles. The molecule has 0 spiro atoms. The number of aliphatic hydroxyl groups is 1. The molecule has 0 aliphatic carbocycles. The van der Waals surface area contributed by atoms with Crippen LogP contribution in [0.15, 0.2) is 78.2 Å². The predicted molar refractivity (Wildman–Crippen MR) is 121 cm³/mol. The van der Waals surface area contributed by atoms with E-state index in [0.29, 0.717) is 17.9 Å². The molecule has 3 rings (SSSR count). The standard InChI is InChI=1S/C24H29NO6S/c1-3-21(32(28)19-12-8-5-9-13-19)23(26)22-20(31-17-29-2)14-15-25(22)24(27)30-16-18-10-6-4-7-11-18/h3-13,20-23,26H,1,14-17H2,2H3/t20-,21?,22+,23+,32?/m0/s1. The van der Waals surface area contributed by atoms with Crippen LogP contribution in [-0.2, 0) is 31.6 Å². The fourth-order valence-electron chi connectivity index (χ4n) is 3.80. The van der Waals surface area contributed by atoms with Gasteiger partial charge in [-0.15, -0.1) is 6.58 Å². The molecular formula is C24H29NO6S. The van der Waals surface area contributed by atoms with E-state index in [9.17, 15) is 14.1 Å². The Morgan fingerprint density at radius 3 is 2.50 bits per heavy atom. The molecule has 2 unspecified atom stereocenters. The summed E-state index contributed by atoms with van der Waals surface area (Å²) >= 11 is 0. The van der Waals surface area contributed by atoms with Crippen LogP contribution in [0.3, 0.4) is 0 Å². The van der Waals surface area contributed by atoms with Gasteiger partial charge in [-0.05, 0) is 24.1 Å². The van der Waals surface area contributed by atoms with Crippen molar-refractivity contribution in [2.24, 2.45) is 0 Å². The maximum absolute atomic E-state index is 13.2. The molecule has 7 nitrogen and oxygen atoms in total. The molecule has 0 aromatic heterocycles. The van der Waals surface area contributed by atoms with Crippen molar-refractivity contribution in [3.8, 4) is 0 Å². The number of nitrogens with zero attached hydrogens (tertiary/aromatic N) is 1. The van der Waals surface area contributed by atoms with Crippen LogP contribution < -0.4 is 0 Å². The third kappa shape index (κ3) is 5.83. The van der Waals surface area contributed by atoms with Crippen molar-refractivity contribution in [2.45, 2.75) is 41.4 Å². The summed E-state index contributed by atoms with van der Waals surface area (Å²) in [6.07, 6.45) is -0.276. The monoisotopic (exact) mass is 459 g/mol. The summed E-state index contributed by atoms with van der Waals surface area (Å²) in [6.45, 7) is 4.25. The number of benzene rings is 2. The van der Waals surface area contributed by atoms with E-state index in [0.717, 1.165) is 5.56 Å². The number of ether oxygens (including phenoxy) is 3. The van der Waals surface area contributed by atoms with Gasteiger partial charge >= 0.3 is 6.09 Å². The predicted octanol–water partition coefficient (Wildman–Crippen LogP) is 3.11. The topological polar surface area (TPSA) is 85.3 Å². The smallest absolute Gasteiger partial charge is 0.410 e. The quantitative estimate of drug-likeness (QED) is 0.434. The van der Waals surface area contributed by atoms with E-state index in [1.54, 1.807) is 24.3 Å². The number of rotatable bonds is 10. The van der Waals surface area contributed by atoms with Crippen molar-refractivity contribution in [3.63, 3.8) is 0 Å². The van der Waals surface area contributed by atoms with Gasteiger partial charge in [-0.1, -0.05) is 54.6 Å². The maximum Gasteiger partial charge on any atom is 0.410 e. The zero-order valence-electron chi connectivity index (χ0n) is 18.0. The van der Waals surface area contributed by atoms with Crippen LogP contribution in [-0.4, -0.2) is 64.3 Å². The van der Waals surface area contributed by atoms with Gasteiger partial charge in [0, 0.05) is 18.6 Å². The fraction of sp³-hybridized carbons (Fsp3) is 0.375. The summed E-state index contributed by atoms with van der Waals surface area (Å²) in [4.78, 5) is 14.9. The molecule has 0 radical (unpaired) electrons. The lowest BCUT2D eigenvalue weighted by atomic mass is 10.0. The lowest BCUT2D eigenvalue weighted by molar-refractivity contribution is -0.0955. The first kappa shape index (κ1) is 24.1. The maximum atomic E-state index is 13.2. The Bertz CT molecular complexity index is 894. The molecule has 1 saturated heterocycles. The molecule has 1 aliphatic rings. The molecule has 1 N–H and O–H groups in total. The van der Waals surface area contributed by atoms with E-state index in [1.165, 1.54) is 18.1 Å². The summed E-state index contributed by atoms with van der Waals surface area (Å²) in [5, 5.41) is 10.5. The molecule has 32 heavy (non-hydrogen) atoms. The largest absolute Gasteiger partial charge is 0.445 e. The van der Waals surface area contributed by atoms with Crippen molar-refractivity contribution in [1.82, 2.24) is 4.90 Å². The highest BCUT2D eigenvalue weighted by atomic mass is 32.2. The van der Waals surface area contributed by atoms with Crippen LogP contribution in [0.1, 0.15) is 12.0 Å². The highest BCUT2D eigenvalue weighted by molar-refractivity contribution is 7.86. The van der Waals surface area contributed by atoms with Crippen LogP contribution >= 0.6 is 0 Å². The van der Waals surface area contributed by atoms with Gasteiger partial charge in [-0.2, -0.15) is 0 Å². The first-order chi connectivity index (χ1) is 15.6. The summed E-state index contributed by atoms with van der Waals surface area (Å²) in [7, 11) is -0.0600. The minimum Gasteiger partial charge on any atom is -0.445 e. The summed E-state index contributed by atoms with van der Waals surface area (Å²) in [5.74, 6) is 0. The number of aliphatic hydroxyl groups excluding tert-OH is 1. The Balaban J connectivity index is 1.78. The van der Waals surface area contributed by atoms with Crippen LogP contribution in [0.4, 0.5) is 4.79 Å². The molecule has 2 aromatic rings. The molecule has 8 heteroatoms. The minimum absolute atomic E-state index is 0.0152. The number of carbonyl (C=O) groups is 1. The first-order valence-corrected chi connectivity index (χ1v) is 11.6. The van der Waals surface area contributed by atoms with E-state index in [-0.39, 0.29) is 13.4 Å². The molecule has 1 fully saturated rings. The van der Waals surface area contributed by atoms with Crippen LogP contribution in [0.2, 0.25) is 0 Å². The fourth-order valence-corrected chi connectivity index (χ4v) is 5.13. The van der Waals surface area contributed by atoms with Gasteiger partial charge in [-0.25, -0.2) is 4.79 Å². The van der Waals surface area contributed by atoms with Crippen molar-refractivity contribution in [3.05, 3.63) is 78.9 Å². The lowest BCUT2D eigenvalue weighted by Crippen LogP contribution is -2.53. The SMILES string of the molecule is C=CC([C@@H](O)[C@H]1[C@@H](OCOC)CCN1C(=O)OCc1ccccc1)S(=O)c1ccccc1. The normalized spacial score (nSPS) is 21.0. The zero-order chi connectivity index (χ0) is 22.9. The van der Waals surface area contributed by atoms with E-state index in [1.807, 2.05) is 36.4 Å². The van der Waals surface area contributed by atoms with Crippen LogP contribution in [0, 0.1) is 0 Å². The van der Waals surface area contributed by atoms with Crippen molar-refractivity contribution >= 4 is 16.9 Å². The van der Waals surface area contributed by atoms with Gasteiger partial charge in [-0.3, -0.25) is 9.11 Å². The van der Waals surface area contributed by atoms with Crippen molar-refractivity contribution in [2.75, 3.05) is 20.4 Å². The Morgan fingerprint density at radius 2 is 1.88 bits per heavy atom. The third-order valence-corrected chi connectivity index (χ3v) is 7.08. The zero-order valence-corrected chi connectivity index (χ0v) is 18.9. The Hall–Kier alpha value is -2.52. The lowest BCUT2D eigenvalue weighted by Gasteiger charge is -2.34. The minimum atomic E-state index is -1.56. The van der Waals surface area contributed by atoms with Crippen LogP contribution in [0.25, 0.3) is 0 Å². The number of methoxy groups -OCH3 is 1. The van der Waals surface area contributed by atoms with E-state index in [4.69, 9.17) is 14.2 Å². The average Bonchev–Trinajstić information content (AvgIpc) is 3.26. The molecule has 0 saturated carbocycles. The summed E-state index contributed by atoms with van der Waals surface area (Å²) in [6, 6.07) is 17.5. The van der Waals surface area contributed by atoms with E-state index >= 15 is 0 Å². The first-order valence-electron chi connectivity index (χ1n) is 10.4. The van der Waals surface area contributed by atoms with Crippen molar-refractivity contribution in [1.29, 1.82) is 0 Å². The number of likely N-dealkylation sites (tertiary alicyclic amines) is 1. The second-order valence-electron chi connectivity index (χ2n) is 7.43. The molecule has 5 atom stereocenters. The number of hydrogen-bond donors (Lipinski definition) is 1. The second kappa shape index (κ2) is 11.9. The molecule has 0 bridgehead atoms. The number of amides is 1.